The van der Waals surface area contributed by atoms with Gasteiger partial charge in [0, 0.05) is 42.9 Å². The van der Waals surface area contributed by atoms with Gasteiger partial charge in [-0.05, 0) is 30.5 Å². The molecule has 0 radical (unpaired) electrons. The number of nitrogens with one attached hydrogen (secondary N) is 1. The van der Waals surface area contributed by atoms with Gasteiger partial charge in [0.2, 0.25) is 0 Å². The van der Waals surface area contributed by atoms with Gasteiger partial charge >= 0.3 is 0 Å². The minimum atomic E-state index is 0.380. The van der Waals surface area contributed by atoms with Crippen LogP contribution in [0.5, 0.6) is 0 Å². The van der Waals surface area contributed by atoms with Crippen molar-refractivity contribution in [2.45, 2.75) is 45.4 Å². The molecule has 1 fully saturated rings. The molecule has 0 spiro atoms. The summed E-state index contributed by atoms with van der Waals surface area (Å²) in [5, 5.41) is 3.50. The molecule has 1 aromatic carbocycles. The van der Waals surface area contributed by atoms with Gasteiger partial charge in [-0.3, -0.25) is 0 Å². The maximum absolute atomic E-state index is 5.74. The van der Waals surface area contributed by atoms with Crippen LogP contribution in [-0.2, 0) is 11.3 Å². The minimum Gasteiger partial charge on any atom is -0.376 e. The summed E-state index contributed by atoms with van der Waals surface area (Å²) in [5.74, 6) is 0. The van der Waals surface area contributed by atoms with Gasteiger partial charge < -0.3 is 15.0 Å². The third kappa shape index (κ3) is 4.47. The summed E-state index contributed by atoms with van der Waals surface area (Å²) < 4.78 is 6.87. The lowest BCUT2D eigenvalue weighted by Gasteiger charge is -2.26. The van der Waals surface area contributed by atoms with E-state index in [0.717, 1.165) is 24.2 Å². The third-order valence-electron chi connectivity index (χ3n) is 3.66. The van der Waals surface area contributed by atoms with Crippen LogP contribution in [-0.4, -0.2) is 32.3 Å². The third-order valence-corrected chi connectivity index (χ3v) is 4.15. The van der Waals surface area contributed by atoms with Gasteiger partial charge in [0.1, 0.15) is 0 Å². The summed E-state index contributed by atoms with van der Waals surface area (Å²) >= 11 is 3.58. The summed E-state index contributed by atoms with van der Waals surface area (Å²) in [5.41, 5.74) is 2.62. The quantitative estimate of drug-likeness (QED) is 0.856. The number of halogens is 1. The summed E-state index contributed by atoms with van der Waals surface area (Å²) in [4.78, 5) is 2.32. The molecule has 4 heteroatoms. The van der Waals surface area contributed by atoms with E-state index in [1.54, 1.807) is 0 Å². The summed E-state index contributed by atoms with van der Waals surface area (Å²) in [6.45, 7) is 7.13. The molecule has 1 aliphatic rings. The van der Waals surface area contributed by atoms with Gasteiger partial charge in [-0.2, -0.15) is 0 Å². The Morgan fingerprint density at radius 3 is 2.90 bits per heavy atom. The Kier molecular flexibility index (Phi) is 5.87. The SMILES string of the molecule is CC(C)NCc1ccc(Br)cc1N(C)CC1CCCO1. The van der Waals surface area contributed by atoms with Crippen LogP contribution in [0.25, 0.3) is 0 Å². The van der Waals surface area contributed by atoms with Crippen LogP contribution < -0.4 is 10.2 Å². The maximum atomic E-state index is 5.74. The second-order valence-electron chi connectivity index (χ2n) is 5.82. The van der Waals surface area contributed by atoms with Crippen molar-refractivity contribution in [3.63, 3.8) is 0 Å². The fourth-order valence-electron chi connectivity index (χ4n) is 2.55. The van der Waals surface area contributed by atoms with Crippen LogP contribution in [0.15, 0.2) is 22.7 Å². The molecule has 1 unspecified atom stereocenters. The number of ether oxygens (including phenoxy) is 1. The molecule has 2 rings (SSSR count). The van der Waals surface area contributed by atoms with E-state index in [1.165, 1.54) is 24.1 Å². The Bertz CT molecular complexity index is 430. The van der Waals surface area contributed by atoms with Crippen molar-refractivity contribution >= 4 is 21.6 Å². The molecule has 0 saturated carbocycles. The molecule has 112 valence electrons. The number of hydrogen-bond donors (Lipinski definition) is 1. The van der Waals surface area contributed by atoms with Gasteiger partial charge in [-0.15, -0.1) is 0 Å². The van der Waals surface area contributed by atoms with Crippen molar-refractivity contribution in [3.8, 4) is 0 Å². The second-order valence-corrected chi connectivity index (χ2v) is 6.74. The highest BCUT2D eigenvalue weighted by Crippen LogP contribution is 2.26. The van der Waals surface area contributed by atoms with E-state index in [2.05, 4.69) is 65.2 Å². The van der Waals surface area contributed by atoms with E-state index in [1.807, 2.05) is 0 Å². The standard InChI is InChI=1S/C16H25BrN2O/c1-12(2)18-10-13-6-7-14(17)9-16(13)19(3)11-15-5-4-8-20-15/h6-7,9,12,15,18H,4-5,8,10-11H2,1-3H3. The monoisotopic (exact) mass is 340 g/mol. The first-order valence-corrected chi connectivity index (χ1v) is 8.20. The topological polar surface area (TPSA) is 24.5 Å². The molecule has 20 heavy (non-hydrogen) atoms. The average molecular weight is 341 g/mol. The number of hydrogen-bond acceptors (Lipinski definition) is 3. The molecule has 1 heterocycles. The van der Waals surface area contributed by atoms with Crippen LogP contribution >= 0.6 is 15.9 Å². The first-order chi connectivity index (χ1) is 9.56. The van der Waals surface area contributed by atoms with Gasteiger partial charge in [-0.1, -0.05) is 35.8 Å². The Morgan fingerprint density at radius 1 is 1.45 bits per heavy atom. The van der Waals surface area contributed by atoms with E-state index in [4.69, 9.17) is 4.74 Å². The molecule has 1 aromatic rings. The normalized spacial score (nSPS) is 18.8. The summed E-state index contributed by atoms with van der Waals surface area (Å²) in [6.07, 6.45) is 2.75. The lowest BCUT2D eigenvalue weighted by Crippen LogP contribution is -2.30. The van der Waals surface area contributed by atoms with Crippen LogP contribution in [0.1, 0.15) is 32.3 Å². The Hall–Kier alpha value is -0.580. The number of nitrogens with zero attached hydrogens (tertiary/aromatic N) is 1. The van der Waals surface area contributed by atoms with E-state index < -0.39 is 0 Å². The molecule has 0 aliphatic carbocycles. The van der Waals surface area contributed by atoms with Crippen molar-refractivity contribution in [1.29, 1.82) is 0 Å². The number of benzene rings is 1. The molecule has 0 aromatic heterocycles. The molecule has 1 atom stereocenters. The van der Waals surface area contributed by atoms with Crippen LogP contribution in [0, 0.1) is 0 Å². The molecule has 3 nitrogen and oxygen atoms in total. The molecule has 1 aliphatic heterocycles. The average Bonchev–Trinajstić information content (AvgIpc) is 2.89. The Labute approximate surface area is 130 Å². The van der Waals surface area contributed by atoms with E-state index in [-0.39, 0.29) is 0 Å². The van der Waals surface area contributed by atoms with E-state index in [9.17, 15) is 0 Å². The van der Waals surface area contributed by atoms with Crippen molar-refractivity contribution in [1.82, 2.24) is 5.32 Å². The smallest absolute Gasteiger partial charge is 0.0750 e. The first kappa shape index (κ1) is 15.8. The zero-order valence-corrected chi connectivity index (χ0v) is 14.2. The predicted octanol–water partition coefficient (Wildman–Crippen LogP) is 3.56. The summed E-state index contributed by atoms with van der Waals surface area (Å²) in [6, 6.07) is 7.00. The fourth-order valence-corrected chi connectivity index (χ4v) is 2.90. The highest BCUT2D eigenvalue weighted by Gasteiger charge is 2.19. The molecule has 0 bridgehead atoms. The van der Waals surface area contributed by atoms with Crippen LogP contribution in [0.2, 0.25) is 0 Å². The van der Waals surface area contributed by atoms with Gasteiger partial charge in [-0.25, -0.2) is 0 Å². The van der Waals surface area contributed by atoms with Crippen LogP contribution in [0.4, 0.5) is 5.69 Å². The van der Waals surface area contributed by atoms with Crippen molar-refractivity contribution in [2.24, 2.45) is 0 Å². The highest BCUT2D eigenvalue weighted by molar-refractivity contribution is 9.10. The molecule has 0 amide bonds. The zero-order valence-electron chi connectivity index (χ0n) is 12.7. The van der Waals surface area contributed by atoms with Crippen LogP contribution in [0.3, 0.4) is 0 Å². The molecular formula is C16H25BrN2O. The van der Waals surface area contributed by atoms with Crippen molar-refractivity contribution in [2.75, 3.05) is 25.1 Å². The molecular weight excluding hydrogens is 316 g/mol. The molecule has 1 N–H and O–H groups in total. The minimum absolute atomic E-state index is 0.380. The highest BCUT2D eigenvalue weighted by atomic mass is 79.9. The predicted molar refractivity (Wildman–Crippen MR) is 88.4 cm³/mol. The fraction of sp³-hybridized carbons (Fsp3) is 0.625. The van der Waals surface area contributed by atoms with Crippen molar-refractivity contribution < 1.29 is 4.74 Å². The number of anilines is 1. The number of rotatable bonds is 6. The Balaban J connectivity index is 2.08. The second kappa shape index (κ2) is 7.43. The van der Waals surface area contributed by atoms with Crippen molar-refractivity contribution in [3.05, 3.63) is 28.2 Å². The van der Waals surface area contributed by atoms with Gasteiger partial charge in [0.15, 0.2) is 0 Å². The number of likely N-dealkylation sites (N-methyl/N-ethyl adjacent to an activating group) is 1. The maximum Gasteiger partial charge on any atom is 0.0750 e. The lowest BCUT2D eigenvalue weighted by molar-refractivity contribution is 0.116. The summed E-state index contributed by atoms with van der Waals surface area (Å²) in [7, 11) is 2.16. The first-order valence-electron chi connectivity index (χ1n) is 7.41. The van der Waals surface area contributed by atoms with Gasteiger partial charge in [0.25, 0.3) is 0 Å². The lowest BCUT2D eigenvalue weighted by atomic mass is 10.1. The van der Waals surface area contributed by atoms with E-state index >= 15 is 0 Å². The van der Waals surface area contributed by atoms with E-state index in [0.29, 0.717) is 12.1 Å². The Morgan fingerprint density at radius 2 is 2.25 bits per heavy atom. The van der Waals surface area contributed by atoms with Gasteiger partial charge in [0.05, 0.1) is 6.10 Å². The molecule has 1 saturated heterocycles. The largest absolute Gasteiger partial charge is 0.376 e. The zero-order chi connectivity index (χ0) is 14.5.